The quantitative estimate of drug-likeness (QED) is 0.793. The van der Waals surface area contributed by atoms with E-state index in [9.17, 15) is 0 Å². The molecule has 0 unspecified atom stereocenters. The summed E-state index contributed by atoms with van der Waals surface area (Å²) in [5.41, 5.74) is 0. The summed E-state index contributed by atoms with van der Waals surface area (Å²) in [6, 6.07) is 7.05. The molecule has 0 bridgehead atoms. The summed E-state index contributed by atoms with van der Waals surface area (Å²) in [4.78, 5) is 0. The molecule has 0 amide bonds. The van der Waals surface area contributed by atoms with Crippen molar-refractivity contribution in [2.45, 2.75) is 0 Å². The zero-order valence-corrected chi connectivity index (χ0v) is 9.10. The third-order valence-corrected chi connectivity index (χ3v) is 2.06. The van der Waals surface area contributed by atoms with Crippen LogP contribution in [0.5, 0.6) is 23.0 Å². The number of methoxy groups -OCH3 is 2. The smallest absolute Gasteiger partial charge is 0.165 e. The first kappa shape index (κ1) is 10.4. The molecule has 0 saturated heterocycles. The monoisotopic (exact) mass is 220 g/mol. The summed E-state index contributed by atoms with van der Waals surface area (Å²) in [5.74, 6) is 2.63. The van der Waals surface area contributed by atoms with Crippen LogP contribution >= 0.6 is 0 Å². The van der Waals surface area contributed by atoms with Gasteiger partial charge in [-0.3, -0.25) is 0 Å². The van der Waals surface area contributed by atoms with Crippen molar-refractivity contribution in [3.05, 3.63) is 36.8 Å². The van der Waals surface area contributed by atoms with E-state index in [4.69, 9.17) is 18.6 Å². The van der Waals surface area contributed by atoms with Gasteiger partial charge < -0.3 is 18.6 Å². The Kier molecular flexibility index (Phi) is 3.00. The number of hydrogen-bond donors (Lipinski definition) is 0. The van der Waals surface area contributed by atoms with Crippen LogP contribution in [0.4, 0.5) is 0 Å². The fourth-order valence-corrected chi connectivity index (χ4v) is 1.29. The lowest BCUT2D eigenvalue weighted by Gasteiger charge is -2.08. The van der Waals surface area contributed by atoms with Gasteiger partial charge in [-0.2, -0.15) is 0 Å². The Morgan fingerprint density at radius 2 is 1.50 bits per heavy atom. The zero-order chi connectivity index (χ0) is 11.4. The summed E-state index contributed by atoms with van der Waals surface area (Å²) in [5, 5.41) is 0. The van der Waals surface area contributed by atoms with Gasteiger partial charge in [0.15, 0.2) is 5.75 Å². The van der Waals surface area contributed by atoms with Crippen LogP contribution in [0.3, 0.4) is 0 Å². The lowest BCUT2D eigenvalue weighted by atomic mass is 10.3. The van der Waals surface area contributed by atoms with E-state index in [2.05, 4.69) is 0 Å². The van der Waals surface area contributed by atoms with Crippen LogP contribution in [0, 0.1) is 0 Å². The summed E-state index contributed by atoms with van der Waals surface area (Å²) >= 11 is 0. The predicted octanol–water partition coefficient (Wildman–Crippen LogP) is 3.09. The molecule has 0 aliphatic carbocycles. The zero-order valence-electron chi connectivity index (χ0n) is 9.10. The molecule has 0 fully saturated rings. The molecule has 0 aliphatic rings. The summed E-state index contributed by atoms with van der Waals surface area (Å²) < 4.78 is 20.7. The minimum atomic E-state index is 0.635. The lowest BCUT2D eigenvalue weighted by molar-refractivity contribution is 0.386. The van der Waals surface area contributed by atoms with Crippen molar-refractivity contribution in [2.75, 3.05) is 14.2 Å². The van der Waals surface area contributed by atoms with Gasteiger partial charge in [-0.25, -0.2) is 0 Å². The van der Waals surface area contributed by atoms with Crippen LogP contribution in [-0.4, -0.2) is 14.2 Å². The molecule has 4 heteroatoms. The average molecular weight is 220 g/mol. The second-order valence-corrected chi connectivity index (χ2v) is 3.11. The molecule has 0 spiro atoms. The largest absolute Gasteiger partial charge is 0.496 e. The molecule has 16 heavy (non-hydrogen) atoms. The van der Waals surface area contributed by atoms with Gasteiger partial charge in [-0.05, 0) is 0 Å². The lowest BCUT2D eigenvalue weighted by Crippen LogP contribution is -1.89. The molecule has 0 atom stereocenters. The number of benzene rings is 1. The first-order chi connectivity index (χ1) is 7.81. The van der Waals surface area contributed by atoms with E-state index < -0.39 is 0 Å². The number of furan rings is 1. The van der Waals surface area contributed by atoms with E-state index in [1.807, 2.05) is 0 Å². The molecule has 2 rings (SSSR count). The minimum absolute atomic E-state index is 0.635. The van der Waals surface area contributed by atoms with Gasteiger partial charge >= 0.3 is 0 Å². The highest BCUT2D eigenvalue weighted by Gasteiger charge is 2.04. The number of ether oxygens (including phenoxy) is 3. The molecule has 0 saturated carbocycles. The van der Waals surface area contributed by atoms with Crippen LogP contribution in [0.15, 0.2) is 41.2 Å². The Morgan fingerprint density at radius 3 is 2.00 bits per heavy atom. The van der Waals surface area contributed by atoms with E-state index in [-0.39, 0.29) is 0 Å². The highest BCUT2D eigenvalue weighted by molar-refractivity contribution is 5.43. The van der Waals surface area contributed by atoms with Gasteiger partial charge in [0, 0.05) is 24.3 Å². The van der Waals surface area contributed by atoms with Crippen molar-refractivity contribution in [3.63, 3.8) is 0 Å². The standard InChI is InChI=1S/C12H12O4/c1-13-10-5-11(14-2)7-12(6-10)16-9-3-4-15-8-9/h3-8H,1-2H3. The maximum atomic E-state index is 5.55. The average Bonchev–Trinajstić information content (AvgIpc) is 2.81. The van der Waals surface area contributed by atoms with Crippen molar-refractivity contribution in [1.29, 1.82) is 0 Å². The second kappa shape index (κ2) is 4.61. The maximum Gasteiger partial charge on any atom is 0.165 e. The molecule has 0 N–H and O–H groups in total. The molecular formula is C12H12O4. The van der Waals surface area contributed by atoms with Gasteiger partial charge in [-0.1, -0.05) is 0 Å². The minimum Gasteiger partial charge on any atom is -0.496 e. The fraction of sp³-hybridized carbons (Fsp3) is 0.167. The van der Waals surface area contributed by atoms with Crippen molar-refractivity contribution < 1.29 is 18.6 Å². The van der Waals surface area contributed by atoms with Crippen LogP contribution in [0.2, 0.25) is 0 Å². The van der Waals surface area contributed by atoms with E-state index in [0.29, 0.717) is 23.0 Å². The van der Waals surface area contributed by atoms with E-state index in [1.165, 1.54) is 6.26 Å². The summed E-state index contributed by atoms with van der Waals surface area (Å²) in [6.07, 6.45) is 3.07. The Bertz CT molecular complexity index is 426. The predicted molar refractivity (Wildman–Crippen MR) is 58.3 cm³/mol. The maximum absolute atomic E-state index is 5.55. The van der Waals surface area contributed by atoms with Crippen molar-refractivity contribution in [3.8, 4) is 23.0 Å². The normalized spacial score (nSPS) is 9.88. The topological polar surface area (TPSA) is 40.8 Å². The van der Waals surface area contributed by atoms with Gasteiger partial charge in [0.2, 0.25) is 0 Å². The molecule has 1 aromatic carbocycles. The summed E-state index contributed by atoms with van der Waals surface area (Å²) in [7, 11) is 3.19. The second-order valence-electron chi connectivity index (χ2n) is 3.11. The first-order valence-electron chi connectivity index (χ1n) is 4.75. The van der Waals surface area contributed by atoms with Crippen molar-refractivity contribution >= 4 is 0 Å². The number of rotatable bonds is 4. The van der Waals surface area contributed by atoms with Crippen LogP contribution in [0.25, 0.3) is 0 Å². The molecule has 2 aromatic rings. The Labute approximate surface area is 93.4 Å². The Hall–Kier alpha value is -2.10. The third kappa shape index (κ3) is 2.28. The van der Waals surface area contributed by atoms with Crippen molar-refractivity contribution in [1.82, 2.24) is 0 Å². The van der Waals surface area contributed by atoms with Gasteiger partial charge in [0.05, 0.1) is 20.5 Å². The third-order valence-electron chi connectivity index (χ3n) is 2.06. The molecule has 1 aromatic heterocycles. The molecule has 84 valence electrons. The molecule has 1 heterocycles. The molecule has 4 nitrogen and oxygen atoms in total. The van der Waals surface area contributed by atoms with Gasteiger partial charge in [-0.15, -0.1) is 0 Å². The molecule has 0 aliphatic heterocycles. The number of hydrogen-bond acceptors (Lipinski definition) is 4. The Morgan fingerprint density at radius 1 is 0.875 bits per heavy atom. The van der Waals surface area contributed by atoms with Gasteiger partial charge in [0.25, 0.3) is 0 Å². The highest BCUT2D eigenvalue weighted by atomic mass is 16.5. The van der Waals surface area contributed by atoms with Gasteiger partial charge in [0.1, 0.15) is 23.5 Å². The summed E-state index contributed by atoms with van der Waals surface area (Å²) in [6.45, 7) is 0. The SMILES string of the molecule is COc1cc(OC)cc(Oc2ccoc2)c1. The van der Waals surface area contributed by atoms with E-state index >= 15 is 0 Å². The highest BCUT2D eigenvalue weighted by Crippen LogP contribution is 2.30. The first-order valence-corrected chi connectivity index (χ1v) is 4.75. The van der Waals surface area contributed by atoms with Crippen molar-refractivity contribution in [2.24, 2.45) is 0 Å². The van der Waals surface area contributed by atoms with Crippen LogP contribution < -0.4 is 14.2 Å². The fourth-order valence-electron chi connectivity index (χ4n) is 1.29. The molecular weight excluding hydrogens is 208 g/mol. The Balaban J connectivity index is 2.26. The van der Waals surface area contributed by atoms with E-state index in [0.717, 1.165) is 0 Å². The van der Waals surface area contributed by atoms with Crippen LogP contribution in [0.1, 0.15) is 0 Å². The molecule has 0 radical (unpaired) electrons. The van der Waals surface area contributed by atoms with Crippen LogP contribution in [-0.2, 0) is 0 Å². The van der Waals surface area contributed by atoms with E-state index in [1.54, 1.807) is 44.7 Å².